The van der Waals surface area contributed by atoms with Gasteiger partial charge in [-0.15, -0.1) is 0 Å². The zero-order chi connectivity index (χ0) is 19.2. The highest BCUT2D eigenvalue weighted by molar-refractivity contribution is 5.95. The zero-order valence-corrected chi connectivity index (χ0v) is 15.4. The monoisotopic (exact) mass is 367 g/mol. The molecule has 1 heterocycles. The van der Waals surface area contributed by atoms with Crippen molar-refractivity contribution in [3.05, 3.63) is 60.2 Å². The standard InChI is InChI=1S/C21H25N3O3/c1-24(17-5-3-2-4-6-17)20(25)13-15-7-9-16(10-8-15)23-21(26)19-12-11-18(14-22)27-19/h2-10,18-19H,11-14,22H2,1H3,(H,23,26)/t18-,19+/m1/s1. The number of amides is 2. The van der Waals surface area contributed by atoms with Crippen LogP contribution >= 0.6 is 0 Å². The Bertz CT molecular complexity index is 777. The maximum Gasteiger partial charge on any atom is 0.253 e. The number of nitrogens with two attached hydrogens (primary N) is 1. The van der Waals surface area contributed by atoms with Gasteiger partial charge in [-0.1, -0.05) is 30.3 Å². The van der Waals surface area contributed by atoms with E-state index in [9.17, 15) is 9.59 Å². The Morgan fingerprint density at radius 2 is 1.81 bits per heavy atom. The lowest BCUT2D eigenvalue weighted by atomic mass is 10.1. The predicted octanol–water partition coefficient (Wildman–Crippen LogP) is 2.34. The second-order valence-corrected chi connectivity index (χ2v) is 6.71. The second-order valence-electron chi connectivity index (χ2n) is 6.71. The Morgan fingerprint density at radius 3 is 2.44 bits per heavy atom. The summed E-state index contributed by atoms with van der Waals surface area (Å²) in [5, 5.41) is 2.86. The molecule has 1 aliphatic rings. The number of hydrogen-bond acceptors (Lipinski definition) is 4. The molecule has 0 aromatic heterocycles. The molecule has 2 amide bonds. The zero-order valence-electron chi connectivity index (χ0n) is 15.4. The summed E-state index contributed by atoms with van der Waals surface area (Å²) in [6.45, 7) is 0.434. The number of hydrogen-bond donors (Lipinski definition) is 2. The molecular weight excluding hydrogens is 342 g/mol. The van der Waals surface area contributed by atoms with Gasteiger partial charge in [0, 0.05) is 25.0 Å². The van der Waals surface area contributed by atoms with Crippen LogP contribution in [-0.4, -0.2) is 37.6 Å². The van der Waals surface area contributed by atoms with Crippen LogP contribution in [0.5, 0.6) is 0 Å². The number of ether oxygens (including phenoxy) is 1. The van der Waals surface area contributed by atoms with E-state index in [0.29, 0.717) is 25.1 Å². The Morgan fingerprint density at radius 1 is 1.11 bits per heavy atom. The predicted molar refractivity (Wildman–Crippen MR) is 106 cm³/mol. The van der Waals surface area contributed by atoms with Gasteiger partial charge in [0.05, 0.1) is 12.5 Å². The van der Waals surface area contributed by atoms with Crippen LogP contribution in [0.15, 0.2) is 54.6 Å². The van der Waals surface area contributed by atoms with Crippen molar-refractivity contribution in [2.75, 3.05) is 23.8 Å². The first kappa shape index (κ1) is 19.1. The minimum atomic E-state index is -0.445. The highest BCUT2D eigenvalue weighted by Crippen LogP contribution is 2.21. The lowest BCUT2D eigenvalue weighted by molar-refractivity contribution is -0.126. The van der Waals surface area contributed by atoms with Gasteiger partial charge < -0.3 is 20.7 Å². The fourth-order valence-electron chi connectivity index (χ4n) is 3.09. The summed E-state index contributed by atoms with van der Waals surface area (Å²) < 4.78 is 5.60. The topological polar surface area (TPSA) is 84.7 Å². The fourth-order valence-corrected chi connectivity index (χ4v) is 3.09. The third kappa shape index (κ3) is 4.93. The number of anilines is 2. The molecule has 6 nitrogen and oxygen atoms in total. The maximum absolute atomic E-state index is 12.4. The first-order valence-electron chi connectivity index (χ1n) is 9.13. The number of para-hydroxylation sites is 1. The van der Waals surface area contributed by atoms with Crippen molar-refractivity contribution in [1.82, 2.24) is 0 Å². The molecule has 0 unspecified atom stereocenters. The highest BCUT2D eigenvalue weighted by Gasteiger charge is 2.29. The van der Waals surface area contributed by atoms with Gasteiger partial charge in [-0.25, -0.2) is 0 Å². The normalized spacial score (nSPS) is 18.9. The lowest BCUT2D eigenvalue weighted by Crippen LogP contribution is -2.29. The molecule has 2 aromatic rings. The Kier molecular flexibility index (Phi) is 6.21. The van der Waals surface area contributed by atoms with Crippen LogP contribution in [0.2, 0.25) is 0 Å². The first-order valence-corrected chi connectivity index (χ1v) is 9.13. The number of benzene rings is 2. The van der Waals surface area contributed by atoms with E-state index in [-0.39, 0.29) is 17.9 Å². The van der Waals surface area contributed by atoms with Crippen LogP contribution in [-0.2, 0) is 20.7 Å². The average molecular weight is 367 g/mol. The van der Waals surface area contributed by atoms with E-state index in [1.165, 1.54) is 0 Å². The van der Waals surface area contributed by atoms with Gasteiger partial charge in [-0.05, 0) is 42.7 Å². The van der Waals surface area contributed by atoms with Crippen LogP contribution in [0.3, 0.4) is 0 Å². The Balaban J connectivity index is 1.54. The van der Waals surface area contributed by atoms with Crippen molar-refractivity contribution in [3.8, 4) is 0 Å². The fraction of sp³-hybridized carbons (Fsp3) is 0.333. The van der Waals surface area contributed by atoms with Crippen molar-refractivity contribution < 1.29 is 14.3 Å². The van der Waals surface area contributed by atoms with Crippen molar-refractivity contribution in [2.24, 2.45) is 5.73 Å². The van der Waals surface area contributed by atoms with Gasteiger partial charge in [-0.3, -0.25) is 9.59 Å². The summed E-state index contributed by atoms with van der Waals surface area (Å²) in [5.74, 6) is -0.149. The summed E-state index contributed by atoms with van der Waals surface area (Å²) >= 11 is 0. The van der Waals surface area contributed by atoms with Crippen LogP contribution in [0.25, 0.3) is 0 Å². The molecule has 27 heavy (non-hydrogen) atoms. The van der Waals surface area contributed by atoms with Crippen molar-refractivity contribution in [3.63, 3.8) is 0 Å². The van der Waals surface area contributed by atoms with Crippen molar-refractivity contribution >= 4 is 23.2 Å². The molecular formula is C21H25N3O3. The van der Waals surface area contributed by atoms with Crippen LogP contribution in [0.1, 0.15) is 18.4 Å². The molecule has 1 fully saturated rings. The molecule has 2 atom stereocenters. The van der Waals surface area contributed by atoms with E-state index in [4.69, 9.17) is 10.5 Å². The third-order valence-corrected chi connectivity index (χ3v) is 4.76. The Hall–Kier alpha value is -2.70. The largest absolute Gasteiger partial charge is 0.364 e. The molecule has 1 aliphatic heterocycles. The molecule has 3 N–H and O–H groups in total. The van der Waals surface area contributed by atoms with Gasteiger partial charge in [0.25, 0.3) is 5.91 Å². The van der Waals surface area contributed by atoms with E-state index in [2.05, 4.69) is 5.32 Å². The molecule has 0 radical (unpaired) electrons. The summed E-state index contributed by atoms with van der Waals surface area (Å²) in [6, 6.07) is 16.8. The summed E-state index contributed by atoms with van der Waals surface area (Å²) in [5.41, 5.74) is 8.01. The maximum atomic E-state index is 12.4. The summed E-state index contributed by atoms with van der Waals surface area (Å²) in [4.78, 5) is 26.3. The van der Waals surface area contributed by atoms with Gasteiger partial charge in [0.1, 0.15) is 6.10 Å². The summed E-state index contributed by atoms with van der Waals surface area (Å²) in [7, 11) is 1.77. The van der Waals surface area contributed by atoms with E-state index < -0.39 is 6.10 Å². The second kappa shape index (κ2) is 8.79. The quantitative estimate of drug-likeness (QED) is 0.821. The molecule has 142 valence electrons. The number of nitrogens with zero attached hydrogens (tertiary/aromatic N) is 1. The van der Waals surface area contributed by atoms with E-state index in [1.54, 1.807) is 24.1 Å². The minimum Gasteiger partial charge on any atom is -0.364 e. The molecule has 0 bridgehead atoms. The number of likely N-dealkylation sites (N-methyl/N-ethyl adjacent to an activating group) is 1. The molecule has 0 aliphatic carbocycles. The molecule has 0 spiro atoms. The number of nitrogens with one attached hydrogen (secondary N) is 1. The molecule has 6 heteroatoms. The highest BCUT2D eigenvalue weighted by atomic mass is 16.5. The third-order valence-electron chi connectivity index (χ3n) is 4.76. The molecule has 2 aromatic carbocycles. The Labute approximate surface area is 159 Å². The van der Waals surface area contributed by atoms with Gasteiger partial charge in [0.15, 0.2) is 0 Å². The molecule has 0 saturated carbocycles. The number of carbonyl (C=O) groups excluding carboxylic acids is 2. The van der Waals surface area contributed by atoms with Crippen LogP contribution in [0.4, 0.5) is 11.4 Å². The average Bonchev–Trinajstić information content (AvgIpc) is 3.19. The van der Waals surface area contributed by atoms with E-state index >= 15 is 0 Å². The van der Waals surface area contributed by atoms with Gasteiger partial charge in [0.2, 0.25) is 5.91 Å². The van der Waals surface area contributed by atoms with Gasteiger partial charge in [-0.2, -0.15) is 0 Å². The van der Waals surface area contributed by atoms with Crippen molar-refractivity contribution in [1.29, 1.82) is 0 Å². The minimum absolute atomic E-state index is 0.00478. The smallest absolute Gasteiger partial charge is 0.253 e. The van der Waals surface area contributed by atoms with E-state index in [1.807, 2.05) is 42.5 Å². The molecule has 1 saturated heterocycles. The summed E-state index contributed by atoms with van der Waals surface area (Å²) in [6.07, 6.45) is 1.32. The van der Waals surface area contributed by atoms with Crippen LogP contribution < -0.4 is 16.0 Å². The van der Waals surface area contributed by atoms with Crippen molar-refractivity contribution in [2.45, 2.75) is 31.5 Å². The van der Waals surface area contributed by atoms with Gasteiger partial charge >= 0.3 is 0 Å². The van der Waals surface area contributed by atoms with Crippen LogP contribution in [0, 0.1) is 0 Å². The lowest BCUT2D eigenvalue weighted by Gasteiger charge is -2.17. The molecule has 3 rings (SSSR count). The number of carbonyl (C=O) groups is 2. The first-order chi connectivity index (χ1) is 13.1. The number of rotatable bonds is 6. The van der Waals surface area contributed by atoms with E-state index in [0.717, 1.165) is 17.7 Å². The SMILES string of the molecule is CN(C(=O)Cc1ccc(NC(=O)[C@@H]2CC[C@H](CN)O2)cc1)c1ccccc1.